The number of aryl methyl sites for hydroxylation is 1. The van der Waals surface area contributed by atoms with E-state index in [-0.39, 0.29) is 25.0 Å². The Labute approximate surface area is 143 Å². The van der Waals surface area contributed by atoms with Gasteiger partial charge in [0.25, 0.3) is 5.56 Å². The SMILES string of the molecule is O=C(CCn1ccc(=O)[nH]c1=O)N1CCC[C@H](Oc2cnccn2)C1. The van der Waals surface area contributed by atoms with Gasteiger partial charge in [0.2, 0.25) is 11.8 Å². The highest BCUT2D eigenvalue weighted by Gasteiger charge is 2.25. The summed E-state index contributed by atoms with van der Waals surface area (Å²) < 4.78 is 7.08. The van der Waals surface area contributed by atoms with Crippen molar-refractivity contribution in [1.82, 2.24) is 24.4 Å². The molecular formula is C16H19N5O4. The van der Waals surface area contributed by atoms with Crippen LogP contribution >= 0.6 is 0 Å². The average Bonchev–Trinajstić information content (AvgIpc) is 2.62. The molecule has 132 valence electrons. The second-order valence-electron chi connectivity index (χ2n) is 5.82. The quantitative estimate of drug-likeness (QED) is 0.803. The zero-order valence-corrected chi connectivity index (χ0v) is 13.6. The van der Waals surface area contributed by atoms with Crippen molar-refractivity contribution in [2.24, 2.45) is 0 Å². The van der Waals surface area contributed by atoms with Crippen LogP contribution in [0.25, 0.3) is 0 Å². The van der Waals surface area contributed by atoms with Crippen molar-refractivity contribution < 1.29 is 9.53 Å². The van der Waals surface area contributed by atoms with Crippen molar-refractivity contribution in [1.29, 1.82) is 0 Å². The van der Waals surface area contributed by atoms with Gasteiger partial charge in [0, 0.05) is 44.2 Å². The van der Waals surface area contributed by atoms with Gasteiger partial charge in [-0.2, -0.15) is 0 Å². The number of H-pyrrole nitrogens is 1. The number of hydrogen-bond acceptors (Lipinski definition) is 6. The number of amides is 1. The summed E-state index contributed by atoms with van der Waals surface area (Å²) in [6.07, 6.45) is 7.82. The first-order valence-electron chi connectivity index (χ1n) is 8.12. The molecule has 9 nitrogen and oxygen atoms in total. The smallest absolute Gasteiger partial charge is 0.328 e. The summed E-state index contributed by atoms with van der Waals surface area (Å²) in [5, 5.41) is 0. The van der Waals surface area contributed by atoms with E-state index in [0.29, 0.717) is 19.0 Å². The highest BCUT2D eigenvalue weighted by Crippen LogP contribution is 2.16. The van der Waals surface area contributed by atoms with Gasteiger partial charge in [-0.3, -0.25) is 19.6 Å². The maximum atomic E-state index is 12.4. The molecule has 0 bridgehead atoms. The number of nitrogens with zero attached hydrogens (tertiary/aromatic N) is 4. The summed E-state index contributed by atoms with van der Waals surface area (Å²) in [4.78, 5) is 47.0. The lowest BCUT2D eigenvalue weighted by Gasteiger charge is -2.32. The minimum atomic E-state index is -0.511. The topological polar surface area (TPSA) is 110 Å². The molecule has 2 aromatic heterocycles. The van der Waals surface area contributed by atoms with Crippen LogP contribution in [0.3, 0.4) is 0 Å². The molecule has 1 atom stereocenters. The third-order valence-corrected chi connectivity index (χ3v) is 4.02. The largest absolute Gasteiger partial charge is 0.471 e. The Hall–Kier alpha value is -2.97. The molecule has 25 heavy (non-hydrogen) atoms. The monoisotopic (exact) mass is 345 g/mol. The van der Waals surface area contributed by atoms with Gasteiger partial charge in [0.05, 0.1) is 12.7 Å². The molecular weight excluding hydrogens is 326 g/mol. The molecule has 1 fully saturated rings. The molecule has 3 heterocycles. The van der Waals surface area contributed by atoms with Gasteiger partial charge in [-0.25, -0.2) is 9.78 Å². The molecule has 1 N–H and O–H groups in total. The van der Waals surface area contributed by atoms with Gasteiger partial charge < -0.3 is 14.2 Å². The molecule has 0 aliphatic carbocycles. The number of nitrogens with one attached hydrogen (secondary N) is 1. The van der Waals surface area contributed by atoms with Gasteiger partial charge in [0.1, 0.15) is 6.10 Å². The summed E-state index contributed by atoms with van der Waals surface area (Å²) in [7, 11) is 0. The number of hydrogen-bond donors (Lipinski definition) is 1. The Morgan fingerprint density at radius 1 is 1.36 bits per heavy atom. The Kier molecular flexibility index (Phi) is 5.22. The normalized spacial score (nSPS) is 17.3. The molecule has 0 unspecified atom stereocenters. The van der Waals surface area contributed by atoms with E-state index in [4.69, 9.17) is 4.74 Å². The van der Waals surface area contributed by atoms with Crippen LogP contribution in [-0.4, -0.2) is 49.5 Å². The molecule has 9 heteroatoms. The van der Waals surface area contributed by atoms with Crippen molar-refractivity contribution >= 4 is 5.91 Å². The van der Waals surface area contributed by atoms with E-state index in [9.17, 15) is 14.4 Å². The first kappa shape index (κ1) is 16.9. The lowest BCUT2D eigenvalue weighted by atomic mass is 10.1. The average molecular weight is 345 g/mol. The van der Waals surface area contributed by atoms with Crippen molar-refractivity contribution in [3.8, 4) is 5.88 Å². The Morgan fingerprint density at radius 2 is 2.24 bits per heavy atom. The highest BCUT2D eigenvalue weighted by atomic mass is 16.5. The molecule has 1 aliphatic rings. The fourth-order valence-corrected chi connectivity index (χ4v) is 2.77. The van der Waals surface area contributed by atoms with Crippen LogP contribution in [0.2, 0.25) is 0 Å². The van der Waals surface area contributed by atoms with E-state index in [1.807, 2.05) is 0 Å². The van der Waals surface area contributed by atoms with Gasteiger partial charge in [0.15, 0.2) is 0 Å². The molecule has 0 radical (unpaired) electrons. The number of likely N-dealkylation sites (tertiary alicyclic amines) is 1. The van der Waals surface area contributed by atoms with Crippen molar-refractivity contribution in [3.05, 3.63) is 51.7 Å². The Balaban J connectivity index is 1.54. The molecule has 2 aromatic rings. The number of ether oxygens (including phenoxy) is 1. The Morgan fingerprint density at radius 3 is 3.00 bits per heavy atom. The van der Waals surface area contributed by atoms with Gasteiger partial charge in [-0.15, -0.1) is 0 Å². The predicted molar refractivity (Wildman–Crippen MR) is 88.2 cm³/mol. The van der Waals surface area contributed by atoms with Gasteiger partial charge in [-0.05, 0) is 12.8 Å². The van der Waals surface area contributed by atoms with Crippen LogP contribution in [0.15, 0.2) is 40.4 Å². The summed E-state index contributed by atoms with van der Waals surface area (Å²) in [5.41, 5.74) is -0.963. The lowest BCUT2D eigenvalue weighted by molar-refractivity contribution is -0.134. The maximum absolute atomic E-state index is 12.4. The number of piperidine rings is 1. The van der Waals surface area contributed by atoms with Gasteiger partial charge >= 0.3 is 5.69 Å². The van der Waals surface area contributed by atoms with E-state index in [2.05, 4.69) is 15.0 Å². The van der Waals surface area contributed by atoms with Crippen LogP contribution in [-0.2, 0) is 11.3 Å². The van der Waals surface area contributed by atoms with Crippen LogP contribution in [0.1, 0.15) is 19.3 Å². The maximum Gasteiger partial charge on any atom is 0.328 e. The summed E-state index contributed by atoms with van der Waals surface area (Å²) in [6.45, 7) is 1.37. The van der Waals surface area contributed by atoms with Crippen molar-refractivity contribution in [3.63, 3.8) is 0 Å². The first-order valence-corrected chi connectivity index (χ1v) is 8.12. The number of rotatable bonds is 5. The second kappa shape index (κ2) is 7.73. The van der Waals surface area contributed by atoms with Crippen LogP contribution in [0.5, 0.6) is 5.88 Å². The van der Waals surface area contributed by atoms with Crippen molar-refractivity contribution in [2.45, 2.75) is 31.9 Å². The predicted octanol–water partition coefficient (Wildman–Crippen LogP) is -0.213. The molecule has 1 amide bonds. The molecule has 0 saturated carbocycles. The van der Waals surface area contributed by atoms with Crippen molar-refractivity contribution in [2.75, 3.05) is 13.1 Å². The molecule has 1 saturated heterocycles. The third-order valence-electron chi connectivity index (χ3n) is 4.02. The summed E-state index contributed by atoms with van der Waals surface area (Å²) >= 11 is 0. The number of aromatic nitrogens is 4. The van der Waals surface area contributed by atoms with Crippen LogP contribution in [0, 0.1) is 0 Å². The number of carbonyl (C=O) groups excluding carboxylic acids is 1. The standard InChI is InChI=1S/C16H19N5O4/c22-13-3-8-20(16(24)19-13)9-4-15(23)21-7-1-2-12(11-21)25-14-10-17-5-6-18-14/h3,5-6,8,10,12H,1-2,4,7,9,11H2,(H,19,22,24)/t12-/m0/s1. The fourth-order valence-electron chi connectivity index (χ4n) is 2.77. The molecule has 0 spiro atoms. The van der Waals surface area contributed by atoms with Gasteiger partial charge in [-0.1, -0.05) is 0 Å². The van der Waals surface area contributed by atoms with E-state index >= 15 is 0 Å². The lowest BCUT2D eigenvalue weighted by Crippen LogP contribution is -2.45. The first-order chi connectivity index (χ1) is 12.1. The van der Waals surface area contributed by atoms with Crippen LogP contribution < -0.4 is 16.0 Å². The minimum Gasteiger partial charge on any atom is -0.471 e. The van der Waals surface area contributed by atoms with Crippen LogP contribution in [0.4, 0.5) is 0 Å². The van der Waals surface area contributed by atoms with E-state index in [0.717, 1.165) is 12.8 Å². The summed E-state index contributed by atoms with van der Waals surface area (Å²) in [6, 6.07) is 1.26. The second-order valence-corrected chi connectivity index (χ2v) is 5.82. The highest BCUT2D eigenvalue weighted by molar-refractivity contribution is 5.76. The zero-order valence-electron chi connectivity index (χ0n) is 13.6. The molecule has 3 rings (SSSR count). The van der Waals surface area contributed by atoms with E-state index in [1.54, 1.807) is 23.5 Å². The zero-order chi connectivity index (χ0) is 17.6. The molecule has 0 aromatic carbocycles. The minimum absolute atomic E-state index is 0.0504. The number of aromatic amines is 1. The van der Waals surface area contributed by atoms with E-state index in [1.165, 1.54) is 16.8 Å². The Bertz CT molecular complexity index is 832. The molecule has 1 aliphatic heterocycles. The number of carbonyl (C=O) groups is 1. The summed E-state index contributed by atoms with van der Waals surface area (Å²) in [5.74, 6) is 0.395. The fraction of sp³-hybridized carbons (Fsp3) is 0.438. The third kappa shape index (κ3) is 4.52. The van der Waals surface area contributed by atoms with E-state index < -0.39 is 11.2 Å².